The van der Waals surface area contributed by atoms with Gasteiger partial charge >= 0.3 is 0 Å². The van der Waals surface area contributed by atoms with Gasteiger partial charge in [-0.3, -0.25) is 4.79 Å². The van der Waals surface area contributed by atoms with Crippen LogP contribution in [0, 0.1) is 0 Å². The van der Waals surface area contributed by atoms with E-state index in [2.05, 4.69) is 22.2 Å². The second-order valence-corrected chi connectivity index (χ2v) is 9.27. The van der Waals surface area contributed by atoms with E-state index in [-0.39, 0.29) is 40.3 Å². The summed E-state index contributed by atoms with van der Waals surface area (Å²) in [4.78, 5) is 12.2. The Hall–Kier alpha value is -2.09. The van der Waals surface area contributed by atoms with Crippen LogP contribution in [0.5, 0.6) is 5.75 Å². The highest BCUT2D eigenvalue weighted by molar-refractivity contribution is 7.89. The van der Waals surface area contributed by atoms with Crippen molar-refractivity contribution in [1.82, 2.24) is 10.0 Å². The quantitative estimate of drug-likeness (QED) is 0.594. The van der Waals surface area contributed by atoms with Crippen molar-refractivity contribution >= 4 is 27.5 Å². The van der Waals surface area contributed by atoms with E-state index in [9.17, 15) is 13.2 Å². The number of sulfonamides is 1. The molecule has 1 amide bonds. The number of halogens is 1. The average molecular weight is 439 g/mol. The third kappa shape index (κ3) is 7.68. The van der Waals surface area contributed by atoms with E-state index >= 15 is 0 Å². The molecule has 0 saturated carbocycles. The lowest BCUT2D eigenvalue weighted by molar-refractivity contribution is -0.123. The van der Waals surface area contributed by atoms with Crippen LogP contribution in [0.25, 0.3) is 0 Å². The Balaban J connectivity index is 1.85. The Morgan fingerprint density at radius 2 is 1.79 bits per heavy atom. The molecular formula is C21H27ClN2O4S. The number of carbonyl (C=O) groups excluding carboxylic acids is 1. The van der Waals surface area contributed by atoms with E-state index in [1.807, 2.05) is 25.1 Å². The highest BCUT2D eigenvalue weighted by Crippen LogP contribution is 2.27. The minimum atomic E-state index is -3.64. The maximum atomic E-state index is 12.2. The van der Waals surface area contributed by atoms with E-state index < -0.39 is 10.0 Å². The lowest BCUT2D eigenvalue weighted by Gasteiger charge is -2.15. The third-order valence-corrected chi connectivity index (χ3v) is 6.03. The Morgan fingerprint density at radius 3 is 2.41 bits per heavy atom. The van der Waals surface area contributed by atoms with E-state index in [0.29, 0.717) is 0 Å². The first kappa shape index (κ1) is 23.2. The van der Waals surface area contributed by atoms with Gasteiger partial charge in [0, 0.05) is 12.1 Å². The van der Waals surface area contributed by atoms with Gasteiger partial charge in [0.15, 0.2) is 6.61 Å². The van der Waals surface area contributed by atoms with Crippen LogP contribution in [-0.2, 0) is 21.2 Å². The molecule has 0 bridgehead atoms. The lowest BCUT2D eigenvalue weighted by atomic mass is 10.1. The van der Waals surface area contributed by atoms with Crippen molar-refractivity contribution in [3.05, 3.63) is 59.1 Å². The molecule has 0 aliphatic carbocycles. The SMILES string of the molecule is CC(C)NS(=O)(=O)c1ccc(OCC(=O)N[C@@H](C)CCc2ccccc2)c(Cl)c1. The van der Waals surface area contributed by atoms with Crippen molar-refractivity contribution in [3.8, 4) is 5.75 Å². The normalized spacial score (nSPS) is 12.6. The van der Waals surface area contributed by atoms with Crippen LogP contribution in [0.15, 0.2) is 53.4 Å². The zero-order valence-corrected chi connectivity index (χ0v) is 18.4. The first-order valence-corrected chi connectivity index (χ1v) is 11.3. The minimum Gasteiger partial charge on any atom is -0.482 e. The zero-order valence-electron chi connectivity index (χ0n) is 16.8. The molecule has 0 unspecified atom stereocenters. The van der Waals surface area contributed by atoms with Gasteiger partial charge in [0.05, 0.1) is 9.92 Å². The van der Waals surface area contributed by atoms with Crippen LogP contribution < -0.4 is 14.8 Å². The Labute approximate surface area is 177 Å². The second-order valence-electron chi connectivity index (χ2n) is 7.15. The highest BCUT2D eigenvalue weighted by Gasteiger charge is 2.17. The van der Waals surface area contributed by atoms with Gasteiger partial charge in [0.1, 0.15) is 5.75 Å². The van der Waals surface area contributed by atoms with Crippen LogP contribution >= 0.6 is 11.6 Å². The molecule has 6 nitrogen and oxygen atoms in total. The number of hydrogen-bond acceptors (Lipinski definition) is 4. The molecule has 0 saturated heterocycles. The summed E-state index contributed by atoms with van der Waals surface area (Å²) in [6, 6.07) is 14.0. The summed E-state index contributed by atoms with van der Waals surface area (Å²) in [5, 5.41) is 3.01. The molecule has 0 heterocycles. The average Bonchev–Trinajstić information content (AvgIpc) is 2.65. The molecule has 2 rings (SSSR count). The monoisotopic (exact) mass is 438 g/mol. The number of carbonyl (C=O) groups is 1. The maximum absolute atomic E-state index is 12.2. The first-order valence-electron chi connectivity index (χ1n) is 9.45. The van der Waals surface area contributed by atoms with Crippen molar-refractivity contribution in [2.24, 2.45) is 0 Å². The van der Waals surface area contributed by atoms with Crippen LogP contribution in [0.2, 0.25) is 5.02 Å². The maximum Gasteiger partial charge on any atom is 0.258 e. The summed E-state index contributed by atoms with van der Waals surface area (Å²) in [5.41, 5.74) is 1.22. The van der Waals surface area contributed by atoms with Crippen molar-refractivity contribution in [3.63, 3.8) is 0 Å². The summed E-state index contributed by atoms with van der Waals surface area (Å²) in [5.74, 6) is -0.0120. The molecule has 2 N–H and O–H groups in total. The van der Waals surface area contributed by atoms with Gasteiger partial charge in [-0.25, -0.2) is 13.1 Å². The fraction of sp³-hybridized carbons (Fsp3) is 0.381. The molecule has 0 aliphatic rings. The number of hydrogen-bond donors (Lipinski definition) is 2. The summed E-state index contributed by atoms with van der Waals surface area (Å²) < 4.78 is 32.3. The summed E-state index contributed by atoms with van der Waals surface area (Å²) >= 11 is 6.13. The van der Waals surface area contributed by atoms with Gasteiger partial charge < -0.3 is 10.1 Å². The molecule has 2 aromatic rings. The fourth-order valence-electron chi connectivity index (χ4n) is 2.70. The Kier molecular flexibility index (Phi) is 8.49. The predicted octanol–water partition coefficient (Wildman–Crippen LogP) is 3.54. The molecule has 0 spiro atoms. The van der Waals surface area contributed by atoms with E-state index in [4.69, 9.17) is 16.3 Å². The smallest absolute Gasteiger partial charge is 0.258 e. The van der Waals surface area contributed by atoms with Crippen LogP contribution in [0.4, 0.5) is 0 Å². The van der Waals surface area contributed by atoms with Gasteiger partial charge in [0.25, 0.3) is 5.91 Å². The number of rotatable bonds is 10. The van der Waals surface area contributed by atoms with Crippen molar-refractivity contribution in [1.29, 1.82) is 0 Å². The van der Waals surface area contributed by atoms with Crippen molar-refractivity contribution < 1.29 is 17.9 Å². The fourth-order valence-corrected chi connectivity index (χ4v) is 4.28. The molecular weight excluding hydrogens is 412 g/mol. The number of benzene rings is 2. The topological polar surface area (TPSA) is 84.5 Å². The number of ether oxygens (including phenoxy) is 1. The van der Waals surface area contributed by atoms with Crippen molar-refractivity contribution in [2.75, 3.05) is 6.61 Å². The number of aryl methyl sites for hydroxylation is 1. The first-order chi connectivity index (χ1) is 13.7. The summed E-state index contributed by atoms with van der Waals surface area (Å²) in [6.45, 7) is 5.20. The van der Waals surface area contributed by atoms with Crippen LogP contribution in [0.1, 0.15) is 32.8 Å². The minimum absolute atomic E-state index is 0.00333. The number of amides is 1. The van der Waals surface area contributed by atoms with Crippen molar-refractivity contribution in [2.45, 2.75) is 50.6 Å². The predicted molar refractivity (Wildman–Crippen MR) is 115 cm³/mol. The largest absolute Gasteiger partial charge is 0.482 e. The summed E-state index contributed by atoms with van der Waals surface area (Å²) in [7, 11) is -3.64. The molecule has 2 aromatic carbocycles. The summed E-state index contributed by atoms with van der Waals surface area (Å²) in [6.07, 6.45) is 1.68. The highest BCUT2D eigenvalue weighted by atomic mass is 35.5. The molecule has 29 heavy (non-hydrogen) atoms. The van der Waals surface area contributed by atoms with Gasteiger partial charge in [-0.1, -0.05) is 41.9 Å². The van der Waals surface area contributed by atoms with E-state index in [0.717, 1.165) is 12.8 Å². The molecule has 1 atom stereocenters. The van der Waals surface area contributed by atoms with Crippen LogP contribution in [-0.4, -0.2) is 33.0 Å². The molecule has 8 heteroatoms. The number of nitrogens with one attached hydrogen (secondary N) is 2. The second kappa shape index (κ2) is 10.6. The Morgan fingerprint density at radius 1 is 1.10 bits per heavy atom. The van der Waals surface area contributed by atoms with Gasteiger partial charge in [-0.05, 0) is 57.4 Å². The molecule has 0 aromatic heterocycles. The molecule has 0 aliphatic heterocycles. The molecule has 0 fully saturated rings. The zero-order chi connectivity index (χ0) is 21.4. The van der Waals surface area contributed by atoms with Gasteiger partial charge in [-0.2, -0.15) is 0 Å². The van der Waals surface area contributed by atoms with Crippen LogP contribution in [0.3, 0.4) is 0 Å². The van der Waals surface area contributed by atoms with Gasteiger partial charge in [-0.15, -0.1) is 0 Å². The van der Waals surface area contributed by atoms with Gasteiger partial charge in [0.2, 0.25) is 10.0 Å². The Bertz CT molecular complexity index is 918. The van der Waals surface area contributed by atoms with E-state index in [1.165, 1.54) is 23.8 Å². The standard InChI is InChI=1S/C21H27ClN2O4S/c1-15(2)24-29(26,27)18-11-12-20(19(22)13-18)28-14-21(25)23-16(3)9-10-17-7-5-4-6-8-17/h4-8,11-13,15-16,24H,9-10,14H2,1-3H3,(H,23,25)/t16-/m0/s1. The molecule has 158 valence electrons. The van der Waals surface area contributed by atoms with E-state index in [1.54, 1.807) is 13.8 Å². The molecule has 0 radical (unpaired) electrons. The lowest BCUT2D eigenvalue weighted by Crippen LogP contribution is -2.36. The third-order valence-electron chi connectivity index (χ3n) is 4.08.